The molecule has 0 bridgehead atoms. The number of hydrogen-bond donors (Lipinski definition) is 1. The van der Waals surface area contributed by atoms with Crippen LogP contribution in [0.2, 0.25) is 5.02 Å². The summed E-state index contributed by atoms with van der Waals surface area (Å²) in [7, 11) is 0. The molecule has 4 heteroatoms. The van der Waals surface area contributed by atoms with E-state index in [0.717, 1.165) is 0 Å². The molecule has 1 aromatic carbocycles. The molecular weight excluding hydrogens is 226 g/mol. The fourth-order valence-electron chi connectivity index (χ4n) is 1.84. The van der Waals surface area contributed by atoms with Crippen molar-refractivity contribution in [1.29, 1.82) is 0 Å². The van der Waals surface area contributed by atoms with Crippen LogP contribution in [0.3, 0.4) is 0 Å². The highest BCUT2D eigenvalue weighted by Gasteiger charge is 2.42. The molecular formula is C12H14ClNO2. The van der Waals surface area contributed by atoms with Crippen LogP contribution in [0, 0.1) is 0 Å². The zero-order valence-corrected chi connectivity index (χ0v) is 9.87. The number of aliphatic hydroxyl groups is 1. The molecule has 1 amide bonds. The van der Waals surface area contributed by atoms with Gasteiger partial charge in [0.05, 0.1) is 29.3 Å². The number of rotatable bonds is 2. The average molecular weight is 240 g/mol. The van der Waals surface area contributed by atoms with Gasteiger partial charge in [-0.15, -0.1) is 0 Å². The molecule has 1 aromatic rings. The maximum atomic E-state index is 12.0. The van der Waals surface area contributed by atoms with E-state index in [0.29, 0.717) is 30.1 Å². The number of benzene rings is 1. The first-order chi connectivity index (χ1) is 7.56. The van der Waals surface area contributed by atoms with Gasteiger partial charge in [0.25, 0.3) is 5.91 Å². The Morgan fingerprint density at radius 1 is 1.50 bits per heavy atom. The number of carbonyl (C=O) groups excluding carboxylic acids is 1. The van der Waals surface area contributed by atoms with Crippen LogP contribution in [-0.4, -0.2) is 34.6 Å². The zero-order chi connectivity index (χ0) is 11.8. The van der Waals surface area contributed by atoms with Gasteiger partial charge in [0.2, 0.25) is 0 Å². The number of β-amino-alcohol motifs (C(OH)–C–C–N with tert-alkyl or cyclic N) is 1. The molecule has 1 aliphatic heterocycles. The Morgan fingerprint density at radius 3 is 2.69 bits per heavy atom. The molecule has 3 nitrogen and oxygen atoms in total. The van der Waals surface area contributed by atoms with Gasteiger partial charge in [-0.05, 0) is 18.6 Å². The quantitative estimate of drug-likeness (QED) is 0.857. The second-order valence-corrected chi connectivity index (χ2v) is 4.63. The Balaban J connectivity index is 2.09. The summed E-state index contributed by atoms with van der Waals surface area (Å²) < 4.78 is 0. The van der Waals surface area contributed by atoms with E-state index in [-0.39, 0.29) is 5.91 Å². The van der Waals surface area contributed by atoms with Gasteiger partial charge in [-0.2, -0.15) is 0 Å². The smallest absolute Gasteiger partial charge is 0.255 e. The fourth-order valence-corrected chi connectivity index (χ4v) is 2.05. The largest absolute Gasteiger partial charge is 0.386 e. The van der Waals surface area contributed by atoms with Crippen LogP contribution < -0.4 is 0 Å². The van der Waals surface area contributed by atoms with Crippen LogP contribution in [-0.2, 0) is 0 Å². The van der Waals surface area contributed by atoms with Crippen molar-refractivity contribution in [2.24, 2.45) is 0 Å². The number of amides is 1. The lowest BCUT2D eigenvalue weighted by molar-refractivity contribution is -0.0826. The van der Waals surface area contributed by atoms with Gasteiger partial charge >= 0.3 is 0 Å². The van der Waals surface area contributed by atoms with Gasteiger partial charge in [0, 0.05) is 0 Å². The molecule has 0 aliphatic carbocycles. The summed E-state index contributed by atoms with van der Waals surface area (Å²) in [5, 5.41) is 10.3. The first kappa shape index (κ1) is 11.4. The minimum Gasteiger partial charge on any atom is -0.386 e. The molecule has 1 fully saturated rings. The molecule has 1 N–H and O–H groups in total. The van der Waals surface area contributed by atoms with Crippen molar-refractivity contribution >= 4 is 17.5 Å². The zero-order valence-electron chi connectivity index (χ0n) is 9.11. The monoisotopic (exact) mass is 239 g/mol. The van der Waals surface area contributed by atoms with Gasteiger partial charge in [-0.3, -0.25) is 4.79 Å². The van der Waals surface area contributed by atoms with Crippen LogP contribution >= 0.6 is 11.6 Å². The number of hydrogen-bond acceptors (Lipinski definition) is 2. The third-order valence-corrected chi connectivity index (χ3v) is 3.35. The van der Waals surface area contributed by atoms with Gasteiger partial charge in [-0.25, -0.2) is 0 Å². The predicted molar refractivity (Wildman–Crippen MR) is 62.6 cm³/mol. The Hall–Kier alpha value is -1.06. The molecule has 86 valence electrons. The maximum absolute atomic E-state index is 12.0. The number of halogens is 1. The lowest BCUT2D eigenvalue weighted by atomic mass is 9.90. The van der Waals surface area contributed by atoms with E-state index in [1.165, 1.54) is 0 Å². The highest BCUT2D eigenvalue weighted by molar-refractivity contribution is 6.33. The minimum atomic E-state index is -0.698. The summed E-state index contributed by atoms with van der Waals surface area (Å²) in [4.78, 5) is 13.6. The standard InChI is InChI=1S/C12H14ClNO2/c1-2-12(16)7-14(8-12)11(15)9-5-3-4-6-10(9)13/h3-6,16H,2,7-8H2,1H3. The van der Waals surface area contributed by atoms with Crippen LogP contribution in [0.1, 0.15) is 23.7 Å². The molecule has 1 heterocycles. The summed E-state index contributed by atoms with van der Waals surface area (Å²) in [6.07, 6.45) is 0.666. The normalized spacial score (nSPS) is 18.1. The molecule has 0 unspecified atom stereocenters. The van der Waals surface area contributed by atoms with Crippen molar-refractivity contribution in [3.8, 4) is 0 Å². The molecule has 16 heavy (non-hydrogen) atoms. The molecule has 2 rings (SSSR count). The molecule has 0 spiro atoms. The number of likely N-dealkylation sites (tertiary alicyclic amines) is 1. The number of nitrogens with zero attached hydrogens (tertiary/aromatic N) is 1. The molecule has 1 saturated heterocycles. The van der Waals surface area contributed by atoms with E-state index in [4.69, 9.17) is 11.6 Å². The highest BCUT2D eigenvalue weighted by atomic mass is 35.5. The predicted octanol–water partition coefficient (Wildman–Crippen LogP) is 1.94. The first-order valence-corrected chi connectivity index (χ1v) is 5.70. The first-order valence-electron chi connectivity index (χ1n) is 5.32. The van der Waals surface area contributed by atoms with Gasteiger partial charge < -0.3 is 10.0 Å². The van der Waals surface area contributed by atoms with E-state index >= 15 is 0 Å². The van der Waals surface area contributed by atoms with Crippen LogP contribution in [0.5, 0.6) is 0 Å². The Morgan fingerprint density at radius 2 is 2.12 bits per heavy atom. The van der Waals surface area contributed by atoms with E-state index in [1.54, 1.807) is 29.2 Å². The van der Waals surface area contributed by atoms with Crippen LogP contribution in [0.15, 0.2) is 24.3 Å². The molecule has 0 saturated carbocycles. The van der Waals surface area contributed by atoms with Crippen molar-refractivity contribution in [3.05, 3.63) is 34.9 Å². The van der Waals surface area contributed by atoms with E-state index in [2.05, 4.69) is 0 Å². The van der Waals surface area contributed by atoms with Crippen molar-refractivity contribution in [2.45, 2.75) is 18.9 Å². The van der Waals surface area contributed by atoms with Crippen LogP contribution in [0.4, 0.5) is 0 Å². The third-order valence-electron chi connectivity index (χ3n) is 3.02. The summed E-state index contributed by atoms with van der Waals surface area (Å²) in [6, 6.07) is 6.97. The van der Waals surface area contributed by atoms with Gasteiger partial charge in [0.1, 0.15) is 0 Å². The van der Waals surface area contributed by atoms with Gasteiger partial charge in [0.15, 0.2) is 0 Å². The summed E-state index contributed by atoms with van der Waals surface area (Å²) >= 11 is 5.94. The van der Waals surface area contributed by atoms with Crippen molar-refractivity contribution in [3.63, 3.8) is 0 Å². The topological polar surface area (TPSA) is 40.5 Å². The molecule has 0 radical (unpaired) electrons. The second-order valence-electron chi connectivity index (χ2n) is 4.22. The minimum absolute atomic E-state index is 0.108. The van der Waals surface area contributed by atoms with Crippen molar-refractivity contribution in [2.75, 3.05) is 13.1 Å². The number of carbonyl (C=O) groups is 1. The molecule has 0 atom stereocenters. The Bertz CT molecular complexity index is 413. The summed E-state index contributed by atoms with van der Waals surface area (Å²) in [5.74, 6) is -0.108. The Labute approximate surface area is 99.6 Å². The molecule has 0 aromatic heterocycles. The average Bonchev–Trinajstić information content (AvgIpc) is 2.24. The summed E-state index contributed by atoms with van der Waals surface area (Å²) in [6.45, 7) is 2.71. The maximum Gasteiger partial charge on any atom is 0.255 e. The second kappa shape index (κ2) is 4.07. The van der Waals surface area contributed by atoms with E-state index < -0.39 is 5.60 Å². The Kier molecular flexibility index (Phi) is 2.91. The highest BCUT2D eigenvalue weighted by Crippen LogP contribution is 2.27. The summed E-state index contributed by atoms with van der Waals surface area (Å²) in [5.41, 5.74) is -0.195. The molecule has 1 aliphatic rings. The van der Waals surface area contributed by atoms with Gasteiger partial charge in [-0.1, -0.05) is 30.7 Å². The van der Waals surface area contributed by atoms with Crippen molar-refractivity contribution in [1.82, 2.24) is 4.90 Å². The third kappa shape index (κ3) is 1.93. The van der Waals surface area contributed by atoms with Crippen LogP contribution in [0.25, 0.3) is 0 Å². The van der Waals surface area contributed by atoms with Crippen molar-refractivity contribution < 1.29 is 9.90 Å². The van der Waals surface area contributed by atoms with E-state index in [9.17, 15) is 9.90 Å². The van der Waals surface area contributed by atoms with E-state index in [1.807, 2.05) is 6.92 Å². The SMILES string of the molecule is CCC1(O)CN(C(=O)c2ccccc2Cl)C1. The lowest BCUT2D eigenvalue weighted by Crippen LogP contribution is -2.63. The fraction of sp³-hybridized carbons (Fsp3) is 0.417. The lowest BCUT2D eigenvalue weighted by Gasteiger charge is -2.46.